The molecule has 0 amide bonds. The zero-order chi connectivity index (χ0) is 13.9. The lowest BCUT2D eigenvalue weighted by Gasteiger charge is -2.30. The van der Waals surface area contributed by atoms with Crippen LogP contribution in [0.2, 0.25) is 0 Å². The molecule has 1 aromatic rings. The topological polar surface area (TPSA) is 21.3 Å². The van der Waals surface area contributed by atoms with Gasteiger partial charge in [-0.2, -0.15) is 0 Å². The molecule has 0 spiro atoms. The lowest BCUT2D eigenvalue weighted by Crippen LogP contribution is -2.38. The molecule has 2 nitrogen and oxygen atoms in total. The van der Waals surface area contributed by atoms with E-state index in [1.165, 1.54) is 26.2 Å². The van der Waals surface area contributed by atoms with Gasteiger partial charge >= 0.3 is 0 Å². The molecule has 1 heterocycles. The second-order valence-corrected chi connectivity index (χ2v) is 5.40. The van der Waals surface area contributed by atoms with Crippen LogP contribution in [0.5, 0.6) is 5.75 Å². The van der Waals surface area contributed by atoms with Gasteiger partial charge in [0.15, 0.2) is 11.6 Å². The Bertz CT molecular complexity index is 428. The zero-order valence-electron chi connectivity index (χ0n) is 11.5. The summed E-state index contributed by atoms with van der Waals surface area (Å²) in [5.41, 5.74) is -1.15. The Morgan fingerprint density at radius 1 is 1.42 bits per heavy atom. The molecule has 1 fully saturated rings. The molecule has 1 aliphatic rings. The van der Waals surface area contributed by atoms with Gasteiger partial charge in [0.25, 0.3) is 0 Å². The first kappa shape index (κ1) is 14.3. The van der Waals surface area contributed by atoms with Gasteiger partial charge < -0.3 is 10.1 Å². The van der Waals surface area contributed by atoms with Crippen LogP contribution < -0.4 is 10.1 Å². The van der Waals surface area contributed by atoms with Crippen molar-refractivity contribution in [3.63, 3.8) is 0 Å². The van der Waals surface area contributed by atoms with Crippen molar-refractivity contribution < 1.29 is 13.5 Å². The van der Waals surface area contributed by atoms with Crippen molar-refractivity contribution in [3.05, 3.63) is 29.6 Å². The largest absolute Gasteiger partial charge is 0.494 e. The maximum Gasteiger partial charge on any atom is 0.165 e. The minimum absolute atomic E-state index is 0.148. The van der Waals surface area contributed by atoms with Crippen molar-refractivity contribution in [1.82, 2.24) is 5.32 Å². The van der Waals surface area contributed by atoms with Gasteiger partial charge in [-0.15, -0.1) is 0 Å². The Labute approximate surface area is 113 Å². The Morgan fingerprint density at radius 2 is 2.21 bits per heavy atom. The molecule has 1 N–H and O–H groups in total. The van der Waals surface area contributed by atoms with E-state index in [4.69, 9.17) is 4.74 Å². The number of nitrogens with one attached hydrogen (secondary N) is 1. The summed E-state index contributed by atoms with van der Waals surface area (Å²) in [4.78, 5) is 0. The molecule has 0 aliphatic carbocycles. The van der Waals surface area contributed by atoms with Crippen molar-refractivity contribution in [3.8, 4) is 5.75 Å². The predicted molar refractivity (Wildman–Crippen MR) is 71.7 cm³/mol. The van der Waals surface area contributed by atoms with Crippen molar-refractivity contribution >= 4 is 0 Å². The Morgan fingerprint density at radius 3 is 2.79 bits per heavy atom. The van der Waals surface area contributed by atoms with E-state index >= 15 is 0 Å². The summed E-state index contributed by atoms with van der Waals surface area (Å²) in [6.07, 6.45) is 3.64. The molecule has 106 valence electrons. The van der Waals surface area contributed by atoms with Gasteiger partial charge in [-0.25, -0.2) is 8.78 Å². The molecule has 2 rings (SSSR count). The highest BCUT2D eigenvalue weighted by molar-refractivity contribution is 5.32. The molecule has 1 saturated heterocycles. The van der Waals surface area contributed by atoms with Crippen molar-refractivity contribution in [1.29, 1.82) is 0 Å². The average Bonchev–Trinajstić information content (AvgIpc) is 2.39. The van der Waals surface area contributed by atoms with Crippen LogP contribution in [0.25, 0.3) is 0 Å². The third-order valence-corrected chi connectivity index (χ3v) is 3.80. The number of alkyl halides is 1. The van der Waals surface area contributed by atoms with Crippen LogP contribution in [-0.2, 0) is 5.67 Å². The number of halogens is 2. The Kier molecular flexibility index (Phi) is 4.40. The third kappa shape index (κ3) is 3.44. The molecule has 1 aromatic carbocycles. The second kappa shape index (κ2) is 5.87. The van der Waals surface area contributed by atoms with Crippen LogP contribution in [0.3, 0.4) is 0 Å². The molecule has 0 aromatic heterocycles. The Balaban J connectivity index is 2.11. The van der Waals surface area contributed by atoms with Crippen LogP contribution in [-0.4, -0.2) is 19.7 Å². The molecule has 2 unspecified atom stereocenters. The molecule has 1 aliphatic heterocycles. The molecular weight excluding hydrogens is 248 g/mol. The van der Waals surface area contributed by atoms with Crippen molar-refractivity contribution in [2.75, 3.05) is 13.7 Å². The highest BCUT2D eigenvalue weighted by Gasteiger charge is 2.31. The van der Waals surface area contributed by atoms with Crippen molar-refractivity contribution in [2.45, 2.75) is 44.3 Å². The van der Waals surface area contributed by atoms with Gasteiger partial charge in [0.1, 0.15) is 5.67 Å². The van der Waals surface area contributed by atoms with E-state index in [0.717, 1.165) is 25.8 Å². The van der Waals surface area contributed by atoms with E-state index in [9.17, 15) is 8.78 Å². The fourth-order valence-electron chi connectivity index (χ4n) is 2.67. The number of methoxy groups -OCH3 is 1. The lowest BCUT2D eigenvalue weighted by molar-refractivity contribution is 0.145. The normalized spacial score (nSPS) is 22.8. The van der Waals surface area contributed by atoms with E-state index in [0.29, 0.717) is 12.0 Å². The average molecular weight is 269 g/mol. The number of rotatable bonds is 4. The second-order valence-electron chi connectivity index (χ2n) is 5.40. The predicted octanol–water partition coefficient (Wildman–Crippen LogP) is 3.55. The van der Waals surface area contributed by atoms with E-state index in [1.807, 2.05) is 0 Å². The standard InChI is InChI=1S/C15H21F2NO/c1-15(17,10-12-5-3-4-8-18-12)11-6-7-14(19-2)13(16)9-11/h6-7,9,12,18H,3-5,8,10H2,1-2H3. The van der Waals surface area contributed by atoms with Gasteiger partial charge in [-0.3, -0.25) is 0 Å². The van der Waals surface area contributed by atoms with Gasteiger partial charge in [0.05, 0.1) is 7.11 Å². The summed E-state index contributed by atoms with van der Waals surface area (Å²) in [5, 5.41) is 3.32. The monoisotopic (exact) mass is 269 g/mol. The number of benzene rings is 1. The van der Waals surface area contributed by atoms with E-state index in [2.05, 4.69) is 5.32 Å². The van der Waals surface area contributed by atoms with Crippen LogP contribution >= 0.6 is 0 Å². The quantitative estimate of drug-likeness (QED) is 0.902. The maximum atomic E-state index is 14.8. The number of hydrogen-bond acceptors (Lipinski definition) is 2. The summed E-state index contributed by atoms with van der Waals surface area (Å²) in [6, 6.07) is 4.50. The van der Waals surface area contributed by atoms with Gasteiger partial charge in [-0.05, 0) is 44.0 Å². The number of ether oxygens (including phenoxy) is 1. The highest BCUT2D eigenvalue weighted by Crippen LogP contribution is 2.34. The third-order valence-electron chi connectivity index (χ3n) is 3.80. The minimum atomic E-state index is -1.53. The van der Waals surface area contributed by atoms with E-state index in [1.54, 1.807) is 6.07 Å². The smallest absolute Gasteiger partial charge is 0.165 e. The first-order chi connectivity index (χ1) is 9.03. The zero-order valence-corrected chi connectivity index (χ0v) is 11.5. The lowest BCUT2D eigenvalue weighted by atomic mass is 9.87. The first-order valence-electron chi connectivity index (χ1n) is 6.79. The fourth-order valence-corrected chi connectivity index (χ4v) is 2.67. The van der Waals surface area contributed by atoms with Crippen molar-refractivity contribution in [2.24, 2.45) is 0 Å². The van der Waals surface area contributed by atoms with Crippen LogP contribution in [0.15, 0.2) is 18.2 Å². The summed E-state index contributed by atoms with van der Waals surface area (Å²) in [5.74, 6) is -0.365. The highest BCUT2D eigenvalue weighted by atomic mass is 19.1. The summed E-state index contributed by atoms with van der Waals surface area (Å²) >= 11 is 0. The van der Waals surface area contributed by atoms with E-state index < -0.39 is 11.5 Å². The molecule has 0 radical (unpaired) electrons. The number of piperidine rings is 1. The molecule has 0 saturated carbocycles. The molecule has 19 heavy (non-hydrogen) atoms. The van der Waals surface area contributed by atoms with Crippen LogP contribution in [0.1, 0.15) is 38.2 Å². The minimum Gasteiger partial charge on any atom is -0.494 e. The van der Waals surface area contributed by atoms with Gasteiger partial charge in [0.2, 0.25) is 0 Å². The number of hydrogen-bond donors (Lipinski definition) is 1. The van der Waals surface area contributed by atoms with Gasteiger partial charge in [0, 0.05) is 12.5 Å². The van der Waals surface area contributed by atoms with E-state index in [-0.39, 0.29) is 11.8 Å². The van der Waals surface area contributed by atoms with Gasteiger partial charge in [-0.1, -0.05) is 12.5 Å². The summed E-state index contributed by atoms with van der Waals surface area (Å²) < 4.78 is 33.3. The molecule has 4 heteroatoms. The SMILES string of the molecule is COc1ccc(C(C)(F)CC2CCCCN2)cc1F. The summed E-state index contributed by atoms with van der Waals surface area (Å²) in [6.45, 7) is 2.46. The summed E-state index contributed by atoms with van der Waals surface area (Å²) in [7, 11) is 1.40. The maximum absolute atomic E-state index is 14.8. The van der Waals surface area contributed by atoms with Crippen LogP contribution in [0, 0.1) is 5.82 Å². The van der Waals surface area contributed by atoms with Crippen LogP contribution in [0.4, 0.5) is 8.78 Å². The fraction of sp³-hybridized carbons (Fsp3) is 0.600. The molecule has 2 atom stereocenters. The molecule has 0 bridgehead atoms. The molecular formula is C15H21F2NO. The Hall–Kier alpha value is -1.16. The first-order valence-corrected chi connectivity index (χ1v) is 6.79.